The third-order valence-corrected chi connectivity index (χ3v) is 7.64. The van der Waals surface area contributed by atoms with Crippen LogP contribution in [0.4, 0.5) is 11.4 Å². The number of anilines is 1. The number of non-ortho nitro benzene ring substituents is 1. The maximum absolute atomic E-state index is 12.3. The number of hydrogen-bond donors (Lipinski definition) is 1. The third-order valence-electron chi connectivity index (χ3n) is 6.80. The summed E-state index contributed by atoms with van der Waals surface area (Å²) in [6.45, 7) is 8.54. The number of nitrogens with zero attached hydrogens (tertiary/aromatic N) is 4. The topological polar surface area (TPSA) is 111 Å². The van der Waals surface area contributed by atoms with Gasteiger partial charge in [0.1, 0.15) is 0 Å². The summed E-state index contributed by atoms with van der Waals surface area (Å²) in [4.78, 5) is 27.5. The lowest BCUT2D eigenvalue weighted by Crippen LogP contribution is -2.32. The Morgan fingerprint density at radius 2 is 2.10 bits per heavy atom. The Hall–Kier alpha value is -2.55. The molecular weight excluding hydrogens is 390 g/mol. The number of thioether (sulfide) groups is 1. The molecule has 1 saturated carbocycles. The Morgan fingerprint density at radius 3 is 2.79 bits per heavy atom. The van der Waals surface area contributed by atoms with Gasteiger partial charge in [-0.1, -0.05) is 32.5 Å². The molecule has 2 aliphatic carbocycles. The number of carbonyl (C=O) groups excluding carboxylic acids is 1. The number of amides is 1. The number of nitro benzene ring substituents is 1. The fourth-order valence-corrected chi connectivity index (χ4v) is 5.23. The summed E-state index contributed by atoms with van der Waals surface area (Å²) >= 11 is 1.25. The van der Waals surface area contributed by atoms with Crippen LogP contribution in [0.3, 0.4) is 0 Å². The van der Waals surface area contributed by atoms with Crippen LogP contribution >= 0.6 is 11.8 Å². The first-order valence-corrected chi connectivity index (χ1v) is 10.5. The molecule has 9 heteroatoms. The molecule has 1 N–H and O–H groups in total. The first-order chi connectivity index (χ1) is 13.6. The number of nitrogens with one attached hydrogen (secondary N) is 1. The first kappa shape index (κ1) is 19.8. The highest BCUT2D eigenvalue weighted by Crippen LogP contribution is 2.66. The molecule has 4 rings (SSSR count). The summed E-state index contributed by atoms with van der Waals surface area (Å²) < 4.78 is 0. The Morgan fingerprint density at radius 1 is 1.34 bits per heavy atom. The summed E-state index contributed by atoms with van der Waals surface area (Å²) in [5, 5.41) is 22.8. The molecule has 0 aliphatic heterocycles. The second kappa shape index (κ2) is 6.76. The minimum Gasteiger partial charge on any atom is -0.325 e. The van der Waals surface area contributed by atoms with E-state index in [1.54, 1.807) is 13.0 Å². The highest BCUT2D eigenvalue weighted by atomic mass is 32.2. The molecule has 1 aromatic carbocycles. The lowest BCUT2D eigenvalue weighted by Gasteiger charge is -2.33. The summed E-state index contributed by atoms with van der Waals surface area (Å²) in [5.74, 6) is 0.319. The summed E-state index contributed by atoms with van der Waals surface area (Å²) in [5.41, 5.74) is 3.35. The standard InChI is InChI=1S/C20H23N5O3S/c1-11-9-12(25(27)28)5-6-14(11)21-15(26)10-29-18-22-17-16(23-24-18)13-7-8-20(17,4)19(13,2)3/h5-6,9,13H,7-8,10H2,1-4H3,(H,21,26)/t13-,20-/m1/s1. The SMILES string of the molecule is Cc1cc([N+](=O)[O-])ccc1NC(=O)CSc1nnc2c(n1)[C@@]1(C)CC[C@H]2C1(C)C. The smallest absolute Gasteiger partial charge is 0.269 e. The van der Waals surface area contributed by atoms with Gasteiger partial charge >= 0.3 is 0 Å². The van der Waals surface area contributed by atoms with Crippen molar-refractivity contribution in [3.8, 4) is 0 Å². The van der Waals surface area contributed by atoms with Crippen molar-refractivity contribution in [3.63, 3.8) is 0 Å². The predicted octanol–water partition coefficient (Wildman–Crippen LogP) is 3.99. The molecule has 0 saturated heterocycles. The van der Waals surface area contributed by atoms with E-state index in [4.69, 9.17) is 4.98 Å². The van der Waals surface area contributed by atoms with Crippen LogP contribution in [0.2, 0.25) is 0 Å². The Labute approximate surface area is 173 Å². The van der Waals surface area contributed by atoms with E-state index >= 15 is 0 Å². The molecule has 1 fully saturated rings. The monoisotopic (exact) mass is 413 g/mol. The van der Waals surface area contributed by atoms with Gasteiger partial charge in [0.15, 0.2) is 0 Å². The number of hydrogen-bond acceptors (Lipinski definition) is 7. The van der Waals surface area contributed by atoms with E-state index in [2.05, 4.69) is 36.3 Å². The maximum Gasteiger partial charge on any atom is 0.269 e. The van der Waals surface area contributed by atoms with Gasteiger partial charge in [-0.25, -0.2) is 4.98 Å². The summed E-state index contributed by atoms with van der Waals surface area (Å²) in [6.07, 6.45) is 2.22. The van der Waals surface area contributed by atoms with E-state index in [0.717, 1.165) is 24.2 Å². The molecular formula is C20H23N5O3S. The molecule has 1 amide bonds. The second-order valence-corrected chi connectivity index (χ2v) is 9.51. The van der Waals surface area contributed by atoms with Crippen LogP contribution in [-0.4, -0.2) is 31.8 Å². The predicted molar refractivity (Wildman–Crippen MR) is 110 cm³/mol. The Bertz CT molecular complexity index is 1030. The van der Waals surface area contributed by atoms with Gasteiger partial charge in [-0.3, -0.25) is 14.9 Å². The first-order valence-electron chi connectivity index (χ1n) is 9.56. The van der Waals surface area contributed by atoms with Crippen molar-refractivity contribution in [1.29, 1.82) is 0 Å². The molecule has 8 nitrogen and oxygen atoms in total. The van der Waals surface area contributed by atoms with Gasteiger partial charge < -0.3 is 5.32 Å². The zero-order chi connectivity index (χ0) is 21.0. The van der Waals surface area contributed by atoms with Crippen LogP contribution in [0, 0.1) is 22.5 Å². The third kappa shape index (κ3) is 3.08. The Kier molecular flexibility index (Phi) is 4.60. The number of carbonyl (C=O) groups is 1. The molecule has 2 aliphatic rings. The Balaban J connectivity index is 1.43. The van der Waals surface area contributed by atoms with Crippen LogP contribution in [0.25, 0.3) is 0 Å². The van der Waals surface area contributed by atoms with Crippen molar-refractivity contribution in [1.82, 2.24) is 15.2 Å². The fourth-order valence-electron chi connectivity index (χ4n) is 4.64. The average Bonchev–Trinajstić information content (AvgIpc) is 3.00. The van der Waals surface area contributed by atoms with E-state index < -0.39 is 4.92 Å². The molecule has 29 heavy (non-hydrogen) atoms. The molecule has 2 atom stereocenters. The molecule has 152 valence electrons. The average molecular weight is 414 g/mol. The van der Waals surface area contributed by atoms with Crippen LogP contribution in [-0.2, 0) is 10.2 Å². The number of rotatable bonds is 5. The van der Waals surface area contributed by atoms with Crippen molar-refractivity contribution in [2.75, 3.05) is 11.1 Å². The van der Waals surface area contributed by atoms with Gasteiger partial charge in [-0.15, -0.1) is 5.10 Å². The van der Waals surface area contributed by atoms with Crippen molar-refractivity contribution in [2.45, 2.75) is 57.0 Å². The van der Waals surface area contributed by atoms with E-state index in [9.17, 15) is 14.9 Å². The molecule has 1 heterocycles. The fraction of sp³-hybridized carbons (Fsp3) is 0.500. The number of aromatic nitrogens is 3. The molecule has 0 radical (unpaired) electrons. The van der Waals surface area contributed by atoms with E-state index in [1.165, 1.54) is 23.9 Å². The molecule has 1 aromatic heterocycles. The van der Waals surface area contributed by atoms with Gasteiger partial charge in [0.25, 0.3) is 5.69 Å². The number of fused-ring (bicyclic) bond motifs is 5. The zero-order valence-electron chi connectivity index (χ0n) is 16.9. The van der Waals surface area contributed by atoms with Gasteiger partial charge in [-0.05, 0) is 36.8 Å². The second-order valence-electron chi connectivity index (χ2n) is 8.57. The van der Waals surface area contributed by atoms with Crippen LogP contribution in [0.15, 0.2) is 23.4 Å². The van der Waals surface area contributed by atoms with Crippen molar-refractivity contribution in [2.24, 2.45) is 5.41 Å². The summed E-state index contributed by atoms with van der Waals surface area (Å²) in [7, 11) is 0. The van der Waals surface area contributed by atoms with Crippen LogP contribution < -0.4 is 5.32 Å². The molecule has 0 spiro atoms. The lowest BCUT2D eigenvalue weighted by atomic mass is 9.70. The number of aryl methyl sites for hydroxylation is 1. The van der Waals surface area contributed by atoms with Crippen LogP contribution in [0.1, 0.15) is 56.5 Å². The number of nitro groups is 1. The highest BCUT2D eigenvalue weighted by molar-refractivity contribution is 7.99. The lowest BCUT2D eigenvalue weighted by molar-refractivity contribution is -0.384. The zero-order valence-corrected chi connectivity index (χ0v) is 17.7. The largest absolute Gasteiger partial charge is 0.325 e. The maximum atomic E-state index is 12.3. The molecule has 0 unspecified atom stereocenters. The van der Waals surface area contributed by atoms with E-state index in [0.29, 0.717) is 22.3 Å². The van der Waals surface area contributed by atoms with Gasteiger partial charge in [0, 0.05) is 29.2 Å². The molecule has 2 aromatic rings. The highest BCUT2D eigenvalue weighted by Gasteiger charge is 2.61. The summed E-state index contributed by atoms with van der Waals surface area (Å²) in [6, 6.07) is 4.36. The van der Waals surface area contributed by atoms with Gasteiger partial charge in [0.05, 0.1) is 22.1 Å². The van der Waals surface area contributed by atoms with Crippen LogP contribution in [0.5, 0.6) is 0 Å². The van der Waals surface area contributed by atoms with E-state index in [1.807, 2.05) is 0 Å². The van der Waals surface area contributed by atoms with Crippen molar-refractivity contribution < 1.29 is 9.72 Å². The van der Waals surface area contributed by atoms with Crippen molar-refractivity contribution in [3.05, 3.63) is 45.3 Å². The van der Waals surface area contributed by atoms with Gasteiger partial charge in [0.2, 0.25) is 11.1 Å². The minimum absolute atomic E-state index is 0.00166. The normalized spacial score (nSPS) is 23.7. The molecule has 2 bridgehead atoms. The van der Waals surface area contributed by atoms with Crippen molar-refractivity contribution >= 4 is 29.0 Å². The van der Waals surface area contributed by atoms with E-state index in [-0.39, 0.29) is 28.2 Å². The quantitative estimate of drug-likeness (QED) is 0.448. The van der Waals surface area contributed by atoms with Gasteiger partial charge in [-0.2, -0.15) is 5.10 Å². The minimum atomic E-state index is -0.457. The number of benzene rings is 1.